The second-order valence-corrected chi connectivity index (χ2v) is 5.44. The summed E-state index contributed by atoms with van der Waals surface area (Å²) in [6.45, 7) is 4.31. The number of hydrogen-bond donors (Lipinski definition) is 1. The molecule has 1 fully saturated rings. The highest BCUT2D eigenvalue weighted by Gasteiger charge is 2.28. The molecule has 0 bridgehead atoms. The molecule has 1 N–H and O–H groups in total. The van der Waals surface area contributed by atoms with E-state index in [2.05, 4.69) is 28.5 Å². The van der Waals surface area contributed by atoms with E-state index in [-0.39, 0.29) is 6.04 Å². The molecule has 15 heavy (non-hydrogen) atoms. The summed E-state index contributed by atoms with van der Waals surface area (Å²) in [5.41, 5.74) is 0. The van der Waals surface area contributed by atoms with Crippen LogP contribution in [0.15, 0.2) is 0 Å². The Morgan fingerprint density at radius 3 is 2.80 bits per heavy atom. The van der Waals surface area contributed by atoms with Crippen LogP contribution in [0.25, 0.3) is 0 Å². The normalized spacial score (nSPS) is 18.1. The Kier molecular flexibility index (Phi) is 3.46. The van der Waals surface area contributed by atoms with Gasteiger partial charge in [0.1, 0.15) is 5.82 Å². The van der Waals surface area contributed by atoms with E-state index in [0.717, 1.165) is 11.0 Å². The van der Waals surface area contributed by atoms with Crippen molar-refractivity contribution in [1.29, 1.82) is 0 Å². The van der Waals surface area contributed by atoms with Crippen LogP contribution >= 0.6 is 23.1 Å². The fourth-order valence-electron chi connectivity index (χ4n) is 1.34. The average molecular weight is 246 g/mol. The zero-order chi connectivity index (χ0) is 10.8. The summed E-state index contributed by atoms with van der Waals surface area (Å²) < 4.78 is 4.35. The molecular weight excluding hydrogens is 230 g/mol. The van der Waals surface area contributed by atoms with E-state index in [1.165, 1.54) is 24.4 Å². The smallest absolute Gasteiger partial charge is 0.202 e. The Morgan fingerprint density at radius 1 is 1.53 bits per heavy atom. The van der Waals surface area contributed by atoms with E-state index in [0.29, 0.717) is 17.7 Å². The van der Waals surface area contributed by atoms with Crippen molar-refractivity contribution in [3.63, 3.8) is 0 Å². The Bertz CT molecular complexity index is 322. The highest BCUT2D eigenvalue weighted by atomic mass is 35.5. The maximum atomic E-state index is 5.89. The number of rotatable bonds is 5. The van der Waals surface area contributed by atoms with Crippen molar-refractivity contribution < 1.29 is 0 Å². The van der Waals surface area contributed by atoms with Crippen molar-refractivity contribution in [2.24, 2.45) is 5.92 Å². The van der Waals surface area contributed by atoms with Gasteiger partial charge in [0.25, 0.3) is 0 Å². The van der Waals surface area contributed by atoms with Gasteiger partial charge in [0.15, 0.2) is 0 Å². The lowest BCUT2D eigenvalue weighted by Gasteiger charge is -2.18. The summed E-state index contributed by atoms with van der Waals surface area (Å²) in [6.07, 6.45) is 2.50. The zero-order valence-electron chi connectivity index (χ0n) is 9.03. The third-order valence-electron chi connectivity index (χ3n) is 2.66. The zero-order valence-corrected chi connectivity index (χ0v) is 10.6. The van der Waals surface area contributed by atoms with E-state index in [1.54, 1.807) is 0 Å². The fraction of sp³-hybridized carbons (Fsp3) is 0.800. The Balaban J connectivity index is 1.96. The average Bonchev–Trinajstić information content (AvgIpc) is 2.95. The summed E-state index contributed by atoms with van der Waals surface area (Å²) in [4.78, 5) is 4.48. The molecule has 1 unspecified atom stereocenters. The van der Waals surface area contributed by atoms with E-state index >= 15 is 0 Å². The highest BCUT2D eigenvalue weighted by Crippen LogP contribution is 2.39. The monoisotopic (exact) mass is 245 g/mol. The second kappa shape index (κ2) is 4.66. The summed E-state index contributed by atoms with van der Waals surface area (Å²) in [6, 6.07) is 0.284. The standard InChI is InChI=1S/C10H16ClN3S/c1-6(2)8(5-11)12-10-13-9(14-15-10)7-3-4-7/h6-8H,3-5H2,1-2H3,(H,12,13,14). The first kappa shape index (κ1) is 11.1. The van der Waals surface area contributed by atoms with Gasteiger partial charge in [-0.05, 0) is 18.8 Å². The molecule has 1 aliphatic rings. The van der Waals surface area contributed by atoms with Crippen molar-refractivity contribution in [3.05, 3.63) is 5.82 Å². The van der Waals surface area contributed by atoms with Crippen LogP contribution in [-0.2, 0) is 0 Å². The molecule has 1 atom stereocenters. The van der Waals surface area contributed by atoms with Gasteiger partial charge in [0, 0.05) is 29.4 Å². The van der Waals surface area contributed by atoms with Crippen molar-refractivity contribution in [2.45, 2.75) is 38.6 Å². The molecule has 0 saturated heterocycles. The molecule has 0 amide bonds. The lowest BCUT2D eigenvalue weighted by Crippen LogP contribution is -2.27. The SMILES string of the molecule is CC(C)C(CCl)Nc1nc(C2CC2)ns1. The number of anilines is 1. The van der Waals surface area contributed by atoms with Gasteiger partial charge in [0.05, 0.1) is 0 Å². The van der Waals surface area contributed by atoms with Crippen LogP contribution in [-0.4, -0.2) is 21.3 Å². The Labute approximate surface area is 99.4 Å². The number of halogens is 1. The van der Waals surface area contributed by atoms with Gasteiger partial charge in [-0.25, -0.2) is 4.98 Å². The van der Waals surface area contributed by atoms with Gasteiger partial charge in [-0.2, -0.15) is 4.37 Å². The van der Waals surface area contributed by atoms with E-state index in [4.69, 9.17) is 11.6 Å². The molecule has 1 saturated carbocycles. The molecule has 0 aromatic carbocycles. The largest absolute Gasteiger partial charge is 0.356 e. The summed E-state index contributed by atoms with van der Waals surface area (Å²) in [5, 5.41) is 4.26. The molecule has 1 heterocycles. The summed E-state index contributed by atoms with van der Waals surface area (Å²) in [5.74, 6) is 2.76. The number of nitrogens with zero attached hydrogens (tertiary/aromatic N) is 2. The first-order valence-corrected chi connectivity index (χ1v) is 6.67. The molecule has 1 aliphatic carbocycles. The number of aromatic nitrogens is 2. The second-order valence-electron chi connectivity index (χ2n) is 4.38. The maximum Gasteiger partial charge on any atom is 0.202 e. The van der Waals surface area contributed by atoms with Crippen LogP contribution in [0.5, 0.6) is 0 Å². The molecular formula is C10H16ClN3S. The maximum absolute atomic E-state index is 5.89. The van der Waals surface area contributed by atoms with Gasteiger partial charge in [-0.1, -0.05) is 13.8 Å². The lowest BCUT2D eigenvalue weighted by atomic mass is 10.1. The van der Waals surface area contributed by atoms with Crippen LogP contribution in [0.4, 0.5) is 5.13 Å². The fourth-order valence-corrected chi connectivity index (χ4v) is 2.48. The molecule has 1 aromatic rings. The first-order chi connectivity index (χ1) is 7.20. The van der Waals surface area contributed by atoms with Crippen molar-refractivity contribution in [2.75, 3.05) is 11.2 Å². The van der Waals surface area contributed by atoms with Crippen molar-refractivity contribution >= 4 is 28.3 Å². The minimum atomic E-state index is 0.284. The Morgan fingerprint density at radius 2 is 2.27 bits per heavy atom. The third kappa shape index (κ3) is 2.82. The van der Waals surface area contributed by atoms with Crippen LogP contribution in [0.2, 0.25) is 0 Å². The predicted molar refractivity (Wildman–Crippen MR) is 64.9 cm³/mol. The van der Waals surface area contributed by atoms with Crippen LogP contribution in [0, 0.1) is 5.92 Å². The molecule has 0 radical (unpaired) electrons. The van der Waals surface area contributed by atoms with Crippen molar-refractivity contribution in [1.82, 2.24) is 9.36 Å². The van der Waals surface area contributed by atoms with E-state index in [9.17, 15) is 0 Å². The Hall–Kier alpha value is -0.350. The predicted octanol–water partition coefficient (Wildman–Crippen LogP) is 3.09. The van der Waals surface area contributed by atoms with Gasteiger partial charge in [0.2, 0.25) is 5.13 Å². The lowest BCUT2D eigenvalue weighted by molar-refractivity contribution is 0.564. The highest BCUT2D eigenvalue weighted by molar-refractivity contribution is 7.09. The number of nitrogens with one attached hydrogen (secondary N) is 1. The minimum absolute atomic E-state index is 0.284. The van der Waals surface area contributed by atoms with Crippen LogP contribution < -0.4 is 5.32 Å². The van der Waals surface area contributed by atoms with Gasteiger partial charge >= 0.3 is 0 Å². The van der Waals surface area contributed by atoms with Gasteiger partial charge in [-0.3, -0.25) is 0 Å². The molecule has 5 heteroatoms. The van der Waals surface area contributed by atoms with Crippen molar-refractivity contribution in [3.8, 4) is 0 Å². The molecule has 84 valence electrons. The topological polar surface area (TPSA) is 37.8 Å². The van der Waals surface area contributed by atoms with E-state index in [1.807, 2.05) is 0 Å². The van der Waals surface area contributed by atoms with Crippen LogP contribution in [0.3, 0.4) is 0 Å². The first-order valence-electron chi connectivity index (χ1n) is 5.36. The molecule has 3 nitrogen and oxygen atoms in total. The molecule has 1 aromatic heterocycles. The van der Waals surface area contributed by atoms with Crippen LogP contribution in [0.1, 0.15) is 38.4 Å². The number of alkyl halides is 1. The summed E-state index contributed by atoms with van der Waals surface area (Å²) >= 11 is 7.34. The van der Waals surface area contributed by atoms with Gasteiger partial charge < -0.3 is 5.32 Å². The quantitative estimate of drug-likeness (QED) is 0.811. The molecule has 0 aliphatic heterocycles. The molecule has 0 spiro atoms. The summed E-state index contributed by atoms with van der Waals surface area (Å²) in [7, 11) is 0. The number of hydrogen-bond acceptors (Lipinski definition) is 4. The van der Waals surface area contributed by atoms with Gasteiger partial charge in [-0.15, -0.1) is 11.6 Å². The minimum Gasteiger partial charge on any atom is -0.356 e. The van der Waals surface area contributed by atoms with E-state index < -0.39 is 0 Å². The third-order valence-corrected chi connectivity index (χ3v) is 3.66. The molecule has 2 rings (SSSR count).